The summed E-state index contributed by atoms with van der Waals surface area (Å²) in [6, 6.07) is 8.07. The SMILES string of the molecule is CC(C)[C@H](N)C(=O)NCC(=O)Nc1ccc(Oc2ccc(F)cc2)cn1. The summed E-state index contributed by atoms with van der Waals surface area (Å²) in [5.41, 5.74) is 5.70. The van der Waals surface area contributed by atoms with E-state index in [4.69, 9.17) is 10.5 Å². The van der Waals surface area contributed by atoms with Crippen LogP contribution in [0.2, 0.25) is 0 Å². The van der Waals surface area contributed by atoms with Gasteiger partial charge in [-0.05, 0) is 42.3 Å². The highest BCUT2D eigenvalue weighted by Gasteiger charge is 2.17. The normalized spacial score (nSPS) is 11.7. The Morgan fingerprint density at radius 3 is 2.38 bits per heavy atom. The Kier molecular flexibility index (Phi) is 6.62. The molecule has 138 valence electrons. The van der Waals surface area contributed by atoms with Crippen LogP contribution in [0.4, 0.5) is 10.2 Å². The highest BCUT2D eigenvalue weighted by molar-refractivity contribution is 5.94. The van der Waals surface area contributed by atoms with E-state index in [9.17, 15) is 14.0 Å². The number of aromatic nitrogens is 1. The van der Waals surface area contributed by atoms with E-state index < -0.39 is 11.9 Å². The van der Waals surface area contributed by atoms with Crippen LogP contribution in [0.25, 0.3) is 0 Å². The molecule has 7 nitrogen and oxygen atoms in total. The molecule has 26 heavy (non-hydrogen) atoms. The van der Waals surface area contributed by atoms with Crippen molar-refractivity contribution in [3.05, 3.63) is 48.4 Å². The Morgan fingerprint density at radius 1 is 1.15 bits per heavy atom. The number of halogens is 1. The summed E-state index contributed by atoms with van der Waals surface area (Å²) in [6.07, 6.45) is 1.42. The summed E-state index contributed by atoms with van der Waals surface area (Å²) in [6.45, 7) is 3.45. The molecule has 0 aliphatic heterocycles. The fourth-order valence-corrected chi connectivity index (χ4v) is 1.93. The summed E-state index contributed by atoms with van der Waals surface area (Å²) in [4.78, 5) is 27.6. The quantitative estimate of drug-likeness (QED) is 0.701. The van der Waals surface area contributed by atoms with Gasteiger partial charge in [-0.1, -0.05) is 13.8 Å². The van der Waals surface area contributed by atoms with Gasteiger partial charge in [0, 0.05) is 0 Å². The zero-order valence-corrected chi connectivity index (χ0v) is 14.5. The number of carbonyl (C=O) groups is 2. The molecule has 0 bridgehead atoms. The molecule has 2 aromatic rings. The molecular weight excluding hydrogens is 339 g/mol. The van der Waals surface area contributed by atoms with Crippen LogP contribution in [0.1, 0.15) is 13.8 Å². The van der Waals surface area contributed by atoms with Gasteiger partial charge in [0.1, 0.15) is 23.1 Å². The van der Waals surface area contributed by atoms with Gasteiger partial charge in [0.05, 0.1) is 18.8 Å². The maximum atomic E-state index is 12.9. The van der Waals surface area contributed by atoms with Crippen LogP contribution < -0.4 is 21.1 Å². The molecule has 0 unspecified atom stereocenters. The van der Waals surface area contributed by atoms with E-state index in [1.807, 2.05) is 13.8 Å². The maximum absolute atomic E-state index is 12.9. The van der Waals surface area contributed by atoms with Gasteiger partial charge in [0.2, 0.25) is 11.8 Å². The van der Waals surface area contributed by atoms with Crippen LogP contribution in [0.3, 0.4) is 0 Å². The molecule has 0 aliphatic rings. The summed E-state index contributed by atoms with van der Waals surface area (Å²) >= 11 is 0. The maximum Gasteiger partial charge on any atom is 0.244 e. The minimum Gasteiger partial charge on any atom is -0.456 e. The Hall–Kier alpha value is -3.00. The number of anilines is 1. The smallest absolute Gasteiger partial charge is 0.244 e. The van der Waals surface area contributed by atoms with Crippen LogP contribution in [0.5, 0.6) is 11.5 Å². The number of hydrogen-bond donors (Lipinski definition) is 3. The fourth-order valence-electron chi connectivity index (χ4n) is 1.93. The van der Waals surface area contributed by atoms with E-state index in [1.165, 1.54) is 30.5 Å². The van der Waals surface area contributed by atoms with Gasteiger partial charge in [0.25, 0.3) is 0 Å². The largest absolute Gasteiger partial charge is 0.456 e. The van der Waals surface area contributed by atoms with E-state index in [-0.39, 0.29) is 24.2 Å². The van der Waals surface area contributed by atoms with Crippen molar-refractivity contribution in [3.63, 3.8) is 0 Å². The third kappa shape index (κ3) is 5.82. The summed E-state index contributed by atoms with van der Waals surface area (Å²) in [5.74, 6) is 0.0346. The van der Waals surface area contributed by atoms with Crippen LogP contribution >= 0.6 is 0 Å². The van der Waals surface area contributed by atoms with Crippen molar-refractivity contribution >= 4 is 17.6 Å². The number of hydrogen-bond acceptors (Lipinski definition) is 5. The van der Waals surface area contributed by atoms with Gasteiger partial charge in [-0.15, -0.1) is 0 Å². The first kappa shape index (κ1) is 19.3. The minimum absolute atomic E-state index is 0.0200. The zero-order chi connectivity index (χ0) is 19.1. The molecule has 0 saturated carbocycles. The predicted molar refractivity (Wildman–Crippen MR) is 95.2 cm³/mol. The second-order valence-electron chi connectivity index (χ2n) is 5.97. The molecule has 1 aromatic heterocycles. The third-order valence-electron chi connectivity index (χ3n) is 3.50. The summed E-state index contributed by atoms with van der Waals surface area (Å²) in [7, 11) is 0. The summed E-state index contributed by atoms with van der Waals surface area (Å²) < 4.78 is 18.4. The van der Waals surface area contributed by atoms with Gasteiger partial charge in [-0.3, -0.25) is 9.59 Å². The molecule has 2 rings (SSSR count). The highest BCUT2D eigenvalue weighted by atomic mass is 19.1. The van der Waals surface area contributed by atoms with Crippen LogP contribution in [-0.4, -0.2) is 29.4 Å². The van der Waals surface area contributed by atoms with Crippen molar-refractivity contribution in [1.82, 2.24) is 10.3 Å². The average Bonchev–Trinajstić information content (AvgIpc) is 2.62. The lowest BCUT2D eigenvalue weighted by Crippen LogP contribution is -2.46. The number of rotatable bonds is 7. The first-order valence-corrected chi connectivity index (χ1v) is 8.08. The van der Waals surface area contributed by atoms with E-state index >= 15 is 0 Å². The topological polar surface area (TPSA) is 106 Å². The third-order valence-corrected chi connectivity index (χ3v) is 3.50. The molecule has 8 heteroatoms. The number of pyridine rings is 1. The number of nitrogens with zero attached hydrogens (tertiary/aromatic N) is 1. The first-order valence-electron chi connectivity index (χ1n) is 8.08. The molecular formula is C18H21FN4O3. The second kappa shape index (κ2) is 8.91. The fraction of sp³-hybridized carbons (Fsp3) is 0.278. The molecule has 4 N–H and O–H groups in total. The molecule has 0 saturated heterocycles. The Balaban J connectivity index is 1.83. The van der Waals surface area contributed by atoms with Gasteiger partial charge < -0.3 is 21.1 Å². The average molecular weight is 360 g/mol. The molecule has 2 amide bonds. The number of amides is 2. The molecule has 1 atom stereocenters. The van der Waals surface area contributed by atoms with Gasteiger partial charge in [-0.25, -0.2) is 9.37 Å². The second-order valence-corrected chi connectivity index (χ2v) is 5.97. The number of carbonyl (C=O) groups excluding carboxylic acids is 2. The van der Waals surface area contributed by atoms with E-state index in [0.717, 1.165) is 0 Å². The van der Waals surface area contributed by atoms with E-state index in [1.54, 1.807) is 12.1 Å². The molecule has 1 aromatic carbocycles. The van der Waals surface area contributed by atoms with E-state index in [2.05, 4.69) is 15.6 Å². The highest BCUT2D eigenvalue weighted by Crippen LogP contribution is 2.21. The number of benzene rings is 1. The van der Waals surface area contributed by atoms with Crippen molar-refractivity contribution in [1.29, 1.82) is 0 Å². The van der Waals surface area contributed by atoms with Crippen molar-refractivity contribution in [3.8, 4) is 11.5 Å². The number of nitrogens with one attached hydrogen (secondary N) is 2. The standard InChI is InChI=1S/C18H21FN4O3/c1-11(2)17(20)18(25)22-10-16(24)23-15-8-7-14(9-21-15)26-13-5-3-12(19)4-6-13/h3-9,11,17H,10,20H2,1-2H3,(H,22,25)(H,21,23,24)/t17-/m0/s1. The lowest BCUT2D eigenvalue weighted by molar-refractivity contribution is -0.125. The minimum atomic E-state index is -0.663. The van der Waals surface area contributed by atoms with Crippen molar-refractivity contribution in [2.45, 2.75) is 19.9 Å². The Morgan fingerprint density at radius 2 is 1.81 bits per heavy atom. The van der Waals surface area contributed by atoms with Gasteiger partial charge in [0.15, 0.2) is 0 Å². The Bertz CT molecular complexity index is 748. The lowest BCUT2D eigenvalue weighted by atomic mass is 10.1. The van der Waals surface area contributed by atoms with Crippen LogP contribution in [-0.2, 0) is 9.59 Å². The zero-order valence-electron chi connectivity index (χ0n) is 14.5. The Labute approximate surface area is 150 Å². The first-order chi connectivity index (χ1) is 12.3. The number of nitrogens with two attached hydrogens (primary N) is 1. The van der Waals surface area contributed by atoms with Crippen LogP contribution in [0, 0.1) is 11.7 Å². The van der Waals surface area contributed by atoms with Crippen molar-refractivity contribution < 1.29 is 18.7 Å². The van der Waals surface area contributed by atoms with Crippen molar-refractivity contribution in [2.75, 3.05) is 11.9 Å². The molecule has 0 spiro atoms. The summed E-state index contributed by atoms with van der Waals surface area (Å²) in [5, 5.41) is 5.03. The van der Waals surface area contributed by atoms with Gasteiger partial charge in [-0.2, -0.15) is 0 Å². The monoisotopic (exact) mass is 360 g/mol. The van der Waals surface area contributed by atoms with E-state index in [0.29, 0.717) is 17.3 Å². The predicted octanol–water partition coefficient (Wildman–Crippen LogP) is 2.05. The van der Waals surface area contributed by atoms with Crippen molar-refractivity contribution in [2.24, 2.45) is 11.7 Å². The van der Waals surface area contributed by atoms with Crippen LogP contribution in [0.15, 0.2) is 42.6 Å². The lowest BCUT2D eigenvalue weighted by Gasteiger charge is -2.15. The molecule has 1 heterocycles. The number of ether oxygens (including phenoxy) is 1. The molecule has 0 radical (unpaired) electrons. The molecule has 0 aliphatic carbocycles. The molecule has 0 fully saturated rings. The van der Waals surface area contributed by atoms with Gasteiger partial charge >= 0.3 is 0 Å².